The minimum atomic E-state index is -0.510. The van der Waals surface area contributed by atoms with E-state index >= 15 is 0 Å². The summed E-state index contributed by atoms with van der Waals surface area (Å²) >= 11 is 0. The average molecular weight is 318 g/mol. The molecule has 2 aromatic carbocycles. The van der Waals surface area contributed by atoms with E-state index in [-0.39, 0.29) is 0 Å². The first kappa shape index (κ1) is 16.9. The van der Waals surface area contributed by atoms with Gasteiger partial charge in [0.1, 0.15) is 0 Å². The van der Waals surface area contributed by atoms with E-state index < -0.39 is 6.03 Å². The zero-order chi connectivity index (χ0) is 16.9. The maximum Gasteiger partial charge on any atom is 0.355 e. The van der Waals surface area contributed by atoms with Gasteiger partial charge in [-0.25, -0.2) is 15.6 Å². The van der Waals surface area contributed by atoms with Crippen LogP contribution in [0.2, 0.25) is 0 Å². The minimum Gasteiger partial charge on any atom is -0.245 e. The van der Waals surface area contributed by atoms with E-state index in [1.165, 1.54) is 12.4 Å². The van der Waals surface area contributed by atoms with Crippen molar-refractivity contribution in [2.24, 2.45) is 10.2 Å². The molecule has 0 radical (unpaired) electrons. The normalized spacial score (nSPS) is 11.7. The van der Waals surface area contributed by atoms with Crippen molar-refractivity contribution in [1.29, 1.82) is 0 Å². The number of rotatable bonds is 6. The summed E-state index contributed by atoms with van der Waals surface area (Å²) in [5, 5.41) is 7.53. The van der Waals surface area contributed by atoms with Gasteiger partial charge in [0.2, 0.25) is 0 Å². The second kappa shape index (κ2) is 10.3. The topological polar surface area (TPSA) is 65.8 Å². The van der Waals surface area contributed by atoms with Gasteiger partial charge in [-0.2, -0.15) is 10.2 Å². The molecule has 0 spiro atoms. The van der Waals surface area contributed by atoms with Crippen LogP contribution in [-0.4, -0.2) is 18.5 Å². The number of nitrogens with one attached hydrogen (secondary N) is 2. The van der Waals surface area contributed by atoms with Gasteiger partial charge in [0, 0.05) is 12.4 Å². The molecule has 2 amide bonds. The van der Waals surface area contributed by atoms with Crippen molar-refractivity contribution < 1.29 is 4.79 Å². The fraction of sp³-hybridized carbons (Fsp3) is 0. The summed E-state index contributed by atoms with van der Waals surface area (Å²) in [6.07, 6.45) is 10.2. The maximum absolute atomic E-state index is 11.4. The van der Waals surface area contributed by atoms with Crippen LogP contribution in [0.5, 0.6) is 0 Å². The monoisotopic (exact) mass is 318 g/mol. The van der Waals surface area contributed by atoms with E-state index in [2.05, 4.69) is 21.1 Å². The lowest BCUT2D eigenvalue weighted by Crippen LogP contribution is -2.28. The number of carbonyl (C=O) groups is 1. The summed E-state index contributed by atoms with van der Waals surface area (Å²) in [7, 11) is 0. The van der Waals surface area contributed by atoms with Crippen LogP contribution >= 0.6 is 0 Å². The predicted molar refractivity (Wildman–Crippen MR) is 99.6 cm³/mol. The molecule has 0 bridgehead atoms. The van der Waals surface area contributed by atoms with Crippen molar-refractivity contribution in [3.63, 3.8) is 0 Å². The number of urea groups is 1. The van der Waals surface area contributed by atoms with Crippen LogP contribution in [0.15, 0.2) is 83.0 Å². The van der Waals surface area contributed by atoms with Crippen molar-refractivity contribution in [2.75, 3.05) is 0 Å². The Bertz CT molecular complexity index is 671. The highest BCUT2D eigenvalue weighted by Gasteiger charge is 1.91. The number of amides is 2. The molecule has 0 aliphatic heterocycles. The molecule has 0 aliphatic rings. The third-order valence-corrected chi connectivity index (χ3v) is 2.83. The van der Waals surface area contributed by atoms with Gasteiger partial charge in [0.15, 0.2) is 0 Å². The first-order valence-electron chi connectivity index (χ1n) is 7.40. The maximum atomic E-state index is 11.4. The molecule has 5 nitrogen and oxygen atoms in total. The Morgan fingerprint density at radius 2 is 1.12 bits per heavy atom. The molecule has 5 heteroatoms. The van der Waals surface area contributed by atoms with Gasteiger partial charge in [0.05, 0.1) is 0 Å². The highest BCUT2D eigenvalue weighted by Crippen LogP contribution is 2.00. The van der Waals surface area contributed by atoms with Crippen LogP contribution in [0.25, 0.3) is 12.2 Å². The summed E-state index contributed by atoms with van der Waals surface area (Å²) in [6, 6.07) is 19.1. The predicted octanol–water partition coefficient (Wildman–Crippen LogP) is 3.68. The molecule has 0 aliphatic carbocycles. The molecular weight excluding hydrogens is 300 g/mol. The van der Waals surface area contributed by atoms with E-state index in [1.807, 2.05) is 72.8 Å². The summed E-state index contributed by atoms with van der Waals surface area (Å²) in [4.78, 5) is 11.4. The standard InChI is InChI=1S/C19H18N4O/c24-19(22-20-15-7-13-17-9-3-1-4-10-17)23-21-16-8-14-18-11-5-2-6-12-18/h1-16H,(H2,22,23,24). The Hall–Kier alpha value is -3.47. The molecule has 2 N–H and O–H groups in total. The number of nitrogens with zero attached hydrogens (tertiary/aromatic N) is 2. The van der Waals surface area contributed by atoms with E-state index in [9.17, 15) is 4.79 Å². The highest BCUT2D eigenvalue weighted by atomic mass is 16.2. The number of benzene rings is 2. The van der Waals surface area contributed by atoms with Crippen LogP contribution in [-0.2, 0) is 0 Å². The third kappa shape index (κ3) is 7.00. The molecule has 120 valence electrons. The smallest absolute Gasteiger partial charge is 0.245 e. The molecule has 0 saturated carbocycles. The lowest BCUT2D eigenvalue weighted by atomic mass is 10.2. The fourth-order valence-electron chi connectivity index (χ4n) is 1.74. The third-order valence-electron chi connectivity index (χ3n) is 2.83. The van der Waals surface area contributed by atoms with Crippen LogP contribution < -0.4 is 10.9 Å². The summed E-state index contributed by atoms with van der Waals surface area (Å²) in [5.41, 5.74) is 6.73. The second-order valence-corrected chi connectivity index (χ2v) is 4.65. The summed E-state index contributed by atoms with van der Waals surface area (Å²) in [6.45, 7) is 0. The molecule has 0 saturated heterocycles. The number of allylic oxidation sites excluding steroid dienone is 2. The molecule has 0 fully saturated rings. The van der Waals surface area contributed by atoms with Crippen molar-refractivity contribution in [2.45, 2.75) is 0 Å². The van der Waals surface area contributed by atoms with Gasteiger partial charge in [-0.3, -0.25) is 0 Å². The van der Waals surface area contributed by atoms with E-state index in [0.717, 1.165) is 11.1 Å². The first-order chi connectivity index (χ1) is 11.8. The minimum absolute atomic E-state index is 0.510. The molecule has 2 aromatic rings. The zero-order valence-corrected chi connectivity index (χ0v) is 13.0. The number of hydrogen-bond donors (Lipinski definition) is 2. The number of hydrogen-bond acceptors (Lipinski definition) is 3. The zero-order valence-electron chi connectivity index (χ0n) is 13.0. The van der Waals surface area contributed by atoms with Crippen LogP contribution in [0, 0.1) is 0 Å². The Balaban J connectivity index is 1.66. The van der Waals surface area contributed by atoms with E-state index in [1.54, 1.807) is 12.2 Å². The molecular formula is C19H18N4O. The van der Waals surface area contributed by atoms with Gasteiger partial charge < -0.3 is 0 Å². The Kier molecular flexibility index (Phi) is 7.24. The van der Waals surface area contributed by atoms with Crippen molar-refractivity contribution >= 4 is 30.6 Å². The Morgan fingerprint density at radius 1 is 0.708 bits per heavy atom. The van der Waals surface area contributed by atoms with Crippen LogP contribution in [0.1, 0.15) is 11.1 Å². The number of hydrazone groups is 2. The van der Waals surface area contributed by atoms with Gasteiger partial charge in [-0.15, -0.1) is 0 Å². The lowest BCUT2D eigenvalue weighted by Gasteiger charge is -1.95. The molecule has 24 heavy (non-hydrogen) atoms. The largest absolute Gasteiger partial charge is 0.355 e. The van der Waals surface area contributed by atoms with Crippen LogP contribution in [0.4, 0.5) is 4.79 Å². The number of carbonyl (C=O) groups excluding carboxylic acids is 1. The molecule has 0 heterocycles. The van der Waals surface area contributed by atoms with Gasteiger partial charge in [-0.05, 0) is 23.3 Å². The molecule has 0 atom stereocenters. The quantitative estimate of drug-likeness (QED) is 0.619. The van der Waals surface area contributed by atoms with Crippen molar-refractivity contribution in [3.8, 4) is 0 Å². The van der Waals surface area contributed by atoms with Gasteiger partial charge in [0.25, 0.3) is 0 Å². The van der Waals surface area contributed by atoms with Crippen molar-refractivity contribution in [3.05, 3.63) is 83.9 Å². The first-order valence-corrected chi connectivity index (χ1v) is 7.40. The fourth-order valence-corrected chi connectivity index (χ4v) is 1.74. The highest BCUT2D eigenvalue weighted by molar-refractivity contribution is 5.82. The molecule has 0 unspecified atom stereocenters. The Labute approximate surface area is 141 Å². The molecule has 2 rings (SSSR count). The lowest BCUT2D eigenvalue weighted by molar-refractivity contribution is 0.242. The van der Waals surface area contributed by atoms with Gasteiger partial charge in [-0.1, -0.05) is 72.8 Å². The molecule has 0 aromatic heterocycles. The van der Waals surface area contributed by atoms with Crippen LogP contribution in [0.3, 0.4) is 0 Å². The average Bonchev–Trinajstić information content (AvgIpc) is 2.63. The second-order valence-electron chi connectivity index (χ2n) is 4.65. The van der Waals surface area contributed by atoms with Crippen molar-refractivity contribution in [1.82, 2.24) is 10.9 Å². The SMILES string of the molecule is O=C(NN=CC=Cc1ccccc1)NN=CC=Cc1ccccc1. The van der Waals surface area contributed by atoms with E-state index in [0.29, 0.717) is 0 Å². The van der Waals surface area contributed by atoms with Gasteiger partial charge >= 0.3 is 6.03 Å². The summed E-state index contributed by atoms with van der Waals surface area (Å²) < 4.78 is 0. The summed E-state index contributed by atoms with van der Waals surface area (Å²) in [5.74, 6) is 0. The Morgan fingerprint density at radius 3 is 1.54 bits per heavy atom. The van der Waals surface area contributed by atoms with E-state index in [4.69, 9.17) is 0 Å².